The van der Waals surface area contributed by atoms with Crippen molar-refractivity contribution in [3.63, 3.8) is 0 Å². The third-order valence-corrected chi connectivity index (χ3v) is 5.11. The second-order valence-electron chi connectivity index (χ2n) is 6.10. The highest BCUT2D eigenvalue weighted by atomic mass is 79.9. The van der Waals surface area contributed by atoms with E-state index in [0.717, 1.165) is 21.1 Å². The molecule has 0 saturated heterocycles. The van der Waals surface area contributed by atoms with Crippen LogP contribution in [-0.2, 0) is 0 Å². The number of aromatic amines is 1. The van der Waals surface area contributed by atoms with Gasteiger partial charge >= 0.3 is 0 Å². The molecule has 0 aliphatic rings. The second kappa shape index (κ2) is 7.66. The number of halogens is 2. The molecule has 5 nitrogen and oxygen atoms in total. The van der Waals surface area contributed by atoms with Crippen molar-refractivity contribution in [3.05, 3.63) is 75.7 Å². The zero-order valence-electron chi connectivity index (χ0n) is 14.8. The monoisotopic (exact) mass is 455 g/mol. The number of para-hydroxylation sites is 2. The fraction of sp³-hybridized carbons (Fsp3) is 0.0476. The fourth-order valence-corrected chi connectivity index (χ4v) is 3.43. The zero-order chi connectivity index (χ0) is 19.7. The minimum Gasteiger partial charge on any atom is -0.496 e. The Bertz CT molecular complexity index is 1160. The van der Waals surface area contributed by atoms with E-state index >= 15 is 0 Å². The number of imidazole rings is 1. The van der Waals surface area contributed by atoms with Crippen molar-refractivity contribution >= 4 is 50.2 Å². The van der Waals surface area contributed by atoms with Gasteiger partial charge in [-0.05, 0) is 48.5 Å². The Morgan fingerprint density at radius 1 is 1.14 bits per heavy atom. The van der Waals surface area contributed by atoms with Gasteiger partial charge in [-0.15, -0.1) is 0 Å². The topological polar surface area (TPSA) is 67.0 Å². The number of fused-ring (bicyclic) bond motifs is 1. The van der Waals surface area contributed by atoms with Crippen LogP contribution in [0, 0.1) is 0 Å². The lowest BCUT2D eigenvalue weighted by molar-refractivity contribution is 0.102. The van der Waals surface area contributed by atoms with Crippen molar-refractivity contribution in [2.24, 2.45) is 0 Å². The number of amides is 1. The molecule has 3 aromatic carbocycles. The summed E-state index contributed by atoms with van der Waals surface area (Å²) >= 11 is 9.69. The Morgan fingerprint density at radius 3 is 2.75 bits per heavy atom. The molecule has 1 aromatic heterocycles. The first-order chi connectivity index (χ1) is 13.5. The summed E-state index contributed by atoms with van der Waals surface area (Å²) in [6.45, 7) is 0. The normalized spacial score (nSPS) is 10.8. The van der Waals surface area contributed by atoms with E-state index in [4.69, 9.17) is 16.3 Å². The number of rotatable bonds is 4. The lowest BCUT2D eigenvalue weighted by Gasteiger charge is -2.12. The van der Waals surface area contributed by atoms with Crippen LogP contribution >= 0.6 is 27.5 Å². The van der Waals surface area contributed by atoms with Crippen molar-refractivity contribution in [1.29, 1.82) is 0 Å². The third-order valence-electron chi connectivity index (χ3n) is 4.28. The summed E-state index contributed by atoms with van der Waals surface area (Å²) < 4.78 is 6.06. The highest BCUT2D eigenvalue weighted by Gasteiger charge is 2.15. The molecule has 0 unspecified atom stereocenters. The summed E-state index contributed by atoms with van der Waals surface area (Å²) in [5.74, 6) is 0.862. The van der Waals surface area contributed by atoms with E-state index < -0.39 is 0 Å². The van der Waals surface area contributed by atoms with Gasteiger partial charge in [-0.2, -0.15) is 0 Å². The van der Waals surface area contributed by atoms with Crippen LogP contribution in [0.2, 0.25) is 5.02 Å². The van der Waals surface area contributed by atoms with Gasteiger partial charge in [0.15, 0.2) is 0 Å². The van der Waals surface area contributed by atoms with Crippen LogP contribution in [0.3, 0.4) is 0 Å². The molecule has 1 amide bonds. The quantitative estimate of drug-likeness (QED) is 0.401. The van der Waals surface area contributed by atoms with Gasteiger partial charge in [0.25, 0.3) is 5.91 Å². The summed E-state index contributed by atoms with van der Waals surface area (Å²) in [7, 11) is 1.52. The molecule has 4 rings (SSSR count). The summed E-state index contributed by atoms with van der Waals surface area (Å²) in [5, 5.41) is 3.29. The van der Waals surface area contributed by atoms with Crippen molar-refractivity contribution < 1.29 is 9.53 Å². The minimum atomic E-state index is -0.318. The molecule has 2 N–H and O–H groups in total. The van der Waals surface area contributed by atoms with Gasteiger partial charge in [-0.25, -0.2) is 4.98 Å². The van der Waals surface area contributed by atoms with Gasteiger partial charge in [-0.3, -0.25) is 4.79 Å². The maximum Gasteiger partial charge on any atom is 0.259 e. The van der Waals surface area contributed by atoms with Crippen molar-refractivity contribution in [1.82, 2.24) is 9.97 Å². The van der Waals surface area contributed by atoms with Crippen LogP contribution in [0.25, 0.3) is 22.4 Å². The number of nitrogens with one attached hydrogen (secondary N) is 2. The molecule has 0 aliphatic carbocycles. The molecule has 28 heavy (non-hydrogen) atoms. The number of hydrogen-bond acceptors (Lipinski definition) is 3. The van der Waals surface area contributed by atoms with E-state index in [1.165, 1.54) is 7.11 Å². The van der Waals surface area contributed by atoms with Gasteiger partial charge in [0.2, 0.25) is 0 Å². The van der Waals surface area contributed by atoms with E-state index in [-0.39, 0.29) is 5.91 Å². The van der Waals surface area contributed by atoms with Crippen LogP contribution in [0.4, 0.5) is 5.69 Å². The predicted molar refractivity (Wildman–Crippen MR) is 115 cm³/mol. The van der Waals surface area contributed by atoms with Gasteiger partial charge < -0.3 is 15.0 Å². The molecule has 0 bridgehead atoms. The first kappa shape index (κ1) is 18.5. The average molecular weight is 457 g/mol. The summed E-state index contributed by atoms with van der Waals surface area (Å²) in [4.78, 5) is 20.7. The summed E-state index contributed by atoms with van der Waals surface area (Å²) in [6, 6.07) is 18.4. The molecule has 140 valence electrons. The zero-order valence-corrected chi connectivity index (χ0v) is 17.1. The van der Waals surface area contributed by atoms with E-state index in [9.17, 15) is 4.79 Å². The lowest BCUT2D eigenvalue weighted by Crippen LogP contribution is -2.13. The Labute approximate surface area is 174 Å². The molecular formula is C21H15BrClN3O2. The minimum absolute atomic E-state index is 0.318. The van der Waals surface area contributed by atoms with Gasteiger partial charge in [-0.1, -0.05) is 39.7 Å². The number of carbonyl (C=O) groups is 1. The lowest BCUT2D eigenvalue weighted by atomic mass is 10.1. The molecule has 7 heteroatoms. The Kier molecular flexibility index (Phi) is 5.07. The molecule has 4 aromatic rings. The van der Waals surface area contributed by atoms with Gasteiger partial charge in [0, 0.05) is 10.0 Å². The Morgan fingerprint density at radius 2 is 1.96 bits per heavy atom. The number of anilines is 1. The highest BCUT2D eigenvalue weighted by molar-refractivity contribution is 9.10. The number of benzene rings is 3. The van der Waals surface area contributed by atoms with Crippen LogP contribution in [0.5, 0.6) is 5.75 Å². The molecule has 0 aliphatic heterocycles. The van der Waals surface area contributed by atoms with Crippen LogP contribution in [-0.4, -0.2) is 23.0 Å². The standard InChI is InChI=1S/C21H15BrClN3O2/c1-28-19-9-7-13(22)11-14(19)21(27)26-18-10-12(6-8-15(18)23)20-24-16-4-2-3-5-17(16)25-20/h2-11H,1H3,(H,24,25)(H,26,27). The Hall–Kier alpha value is -2.83. The van der Waals surface area contributed by atoms with Crippen molar-refractivity contribution in [2.45, 2.75) is 0 Å². The van der Waals surface area contributed by atoms with Crippen LogP contribution in [0.1, 0.15) is 10.4 Å². The summed E-state index contributed by atoms with van der Waals surface area (Å²) in [6.07, 6.45) is 0. The highest BCUT2D eigenvalue weighted by Crippen LogP contribution is 2.30. The second-order valence-corrected chi connectivity index (χ2v) is 7.42. The largest absolute Gasteiger partial charge is 0.496 e. The molecule has 0 spiro atoms. The number of hydrogen-bond donors (Lipinski definition) is 2. The number of nitrogens with zero attached hydrogens (tertiary/aromatic N) is 1. The first-order valence-electron chi connectivity index (χ1n) is 8.45. The van der Waals surface area contributed by atoms with E-state index in [1.807, 2.05) is 36.4 Å². The molecular weight excluding hydrogens is 442 g/mol. The van der Waals surface area contributed by atoms with Crippen LogP contribution < -0.4 is 10.1 Å². The van der Waals surface area contributed by atoms with E-state index in [2.05, 4.69) is 31.2 Å². The summed E-state index contributed by atoms with van der Waals surface area (Å²) in [5.41, 5.74) is 3.53. The predicted octanol–water partition coefficient (Wildman–Crippen LogP) is 5.91. The van der Waals surface area contributed by atoms with Crippen molar-refractivity contribution in [3.8, 4) is 17.1 Å². The SMILES string of the molecule is COc1ccc(Br)cc1C(=O)Nc1cc(-c2nc3ccccc3[nH]2)ccc1Cl. The van der Waals surface area contributed by atoms with Crippen molar-refractivity contribution in [2.75, 3.05) is 12.4 Å². The molecule has 0 saturated carbocycles. The molecule has 0 atom stereocenters. The average Bonchev–Trinajstić information content (AvgIpc) is 3.13. The maximum absolute atomic E-state index is 12.8. The number of H-pyrrole nitrogens is 1. The molecule has 0 fully saturated rings. The molecule has 1 heterocycles. The van der Waals surface area contributed by atoms with E-state index in [0.29, 0.717) is 27.8 Å². The van der Waals surface area contributed by atoms with E-state index in [1.54, 1.807) is 24.3 Å². The Balaban J connectivity index is 1.68. The van der Waals surface area contributed by atoms with Crippen LogP contribution in [0.15, 0.2) is 65.1 Å². The number of ether oxygens (including phenoxy) is 1. The molecule has 0 radical (unpaired) electrons. The van der Waals surface area contributed by atoms with Gasteiger partial charge in [0.1, 0.15) is 11.6 Å². The third kappa shape index (κ3) is 3.61. The first-order valence-corrected chi connectivity index (χ1v) is 9.62. The van der Waals surface area contributed by atoms with Gasteiger partial charge in [0.05, 0.1) is 34.4 Å². The fourth-order valence-electron chi connectivity index (χ4n) is 2.91. The number of carbonyl (C=O) groups excluding carboxylic acids is 1. The number of methoxy groups -OCH3 is 1. The maximum atomic E-state index is 12.8. The smallest absolute Gasteiger partial charge is 0.259 e. The number of aromatic nitrogens is 2.